The van der Waals surface area contributed by atoms with Gasteiger partial charge in [0.2, 0.25) is 0 Å². The Hall–Kier alpha value is -2.03. The van der Waals surface area contributed by atoms with E-state index in [1.165, 1.54) is 32.1 Å². The second-order valence-corrected chi connectivity index (χ2v) is 5.89. The van der Waals surface area contributed by atoms with E-state index in [2.05, 4.69) is 11.9 Å². The van der Waals surface area contributed by atoms with Crippen LogP contribution in [0.2, 0.25) is 0 Å². The van der Waals surface area contributed by atoms with Gasteiger partial charge < -0.3 is 10.0 Å². The largest absolute Gasteiger partial charge is 0.478 e. The lowest BCUT2D eigenvalue weighted by Crippen LogP contribution is -2.33. The maximum atomic E-state index is 11.4. The van der Waals surface area contributed by atoms with Crippen molar-refractivity contribution in [3.05, 3.63) is 42.0 Å². The highest BCUT2D eigenvalue weighted by Crippen LogP contribution is 2.33. The summed E-state index contributed by atoms with van der Waals surface area (Å²) in [7, 11) is 2.14. The Labute approximate surface area is 125 Å². The van der Waals surface area contributed by atoms with E-state index in [-0.39, 0.29) is 0 Å². The fourth-order valence-corrected chi connectivity index (χ4v) is 3.44. The maximum absolute atomic E-state index is 11.4. The van der Waals surface area contributed by atoms with Gasteiger partial charge in [-0.15, -0.1) is 0 Å². The second-order valence-electron chi connectivity index (χ2n) is 5.89. The molecule has 0 radical (unpaired) electrons. The highest BCUT2D eigenvalue weighted by atomic mass is 16.4. The normalized spacial score (nSPS) is 16.0. The van der Waals surface area contributed by atoms with Gasteiger partial charge in [-0.25, -0.2) is 4.79 Å². The number of benzene rings is 2. The third kappa shape index (κ3) is 2.60. The Morgan fingerprint density at radius 2 is 1.71 bits per heavy atom. The molecule has 2 aromatic carbocycles. The van der Waals surface area contributed by atoms with Crippen LogP contribution in [0.15, 0.2) is 36.4 Å². The average Bonchev–Trinajstić information content (AvgIpc) is 2.54. The summed E-state index contributed by atoms with van der Waals surface area (Å²) in [6, 6.07) is 12.1. The first-order chi connectivity index (χ1) is 10.2. The number of rotatable bonds is 3. The molecule has 0 bridgehead atoms. The molecule has 0 amide bonds. The topological polar surface area (TPSA) is 40.5 Å². The van der Waals surface area contributed by atoms with Crippen LogP contribution in [0.5, 0.6) is 0 Å². The standard InChI is InChI=1S/C18H21NO2/c1-19(13-7-3-2-4-8-13)17-12-11-16(18(20)21)14-9-5-6-10-15(14)17/h5-6,9-13H,2-4,7-8H2,1H3,(H,20,21). The van der Waals surface area contributed by atoms with E-state index in [1.54, 1.807) is 6.07 Å². The molecule has 0 aliphatic heterocycles. The van der Waals surface area contributed by atoms with Gasteiger partial charge in [-0.2, -0.15) is 0 Å². The summed E-state index contributed by atoms with van der Waals surface area (Å²) >= 11 is 0. The van der Waals surface area contributed by atoms with Crippen LogP contribution in [-0.2, 0) is 0 Å². The highest BCUT2D eigenvalue weighted by molar-refractivity contribution is 6.07. The third-order valence-corrected chi connectivity index (χ3v) is 4.63. The first-order valence-electron chi connectivity index (χ1n) is 7.66. The molecule has 3 heteroatoms. The molecule has 2 aromatic rings. The zero-order valence-corrected chi connectivity index (χ0v) is 12.4. The minimum absolute atomic E-state index is 0.381. The Morgan fingerprint density at radius 3 is 2.38 bits per heavy atom. The van der Waals surface area contributed by atoms with Crippen molar-refractivity contribution in [3.8, 4) is 0 Å². The van der Waals surface area contributed by atoms with Crippen molar-refractivity contribution in [2.75, 3.05) is 11.9 Å². The lowest BCUT2D eigenvalue weighted by Gasteiger charge is -2.33. The highest BCUT2D eigenvalue weighted by Gasteiger charge is 2.20. The van der Waals surface area contributed by atoms with Crippen molar-refractivity contribution in [1.82, 2.24) is 0 Å². The number of fused-ring (bicyclic) bond motifs is 1. The van der Waals surface area contributed by atoms with Crippen LogP contribution in [0.3, 0.4) is 0 Å². The lowest BCUT2D eigenvalue weighted by atomic mass is 9.93. The van der Waals surface area contributed by atoms with Gasteiger partial charge in [-0.3, -0.25) is 0 Å². The van der Waals surface area contributed by atoms with E-state index in [0.29, 0.717) is 11.6 Å². The van der Waals surface area contributed by atoms with Crippen LogP contribution >= 0.6 is 0 Å². The van der Waals surface area contributed by atoms with Gasteiger partial charge in [0.15, 0.2) is 0 Å². The molecular formula is C18H21NO2. The summed E-state index contributed by atoms with van der Waals surface area (Å²) in [6.45, 7) is 0. The van der Waals surface area contributed by atoms with Crippen molar-refractivity contribution in [2.24, 2.45) is 0 Å². The Kier molecular flexibility index (Phi) is 3.82. The molecule has 3 rings (SSSR count). The number of hydrogen-bond acceptors (Lipinski definition) is 2. The van der Waals surface area contributed by atoms with E-state index in [1.807, 2.05) is 30.3 Å². The van der Waals surface area contributed by atoms with Gasteiger partial charge in [0.1, 0.15) is 0 Å². The number of anilines is 1. The van der Waals surface area contributed by atoms with E-state index in [9.17, 15) is 9.90 Å². The van der Waals surface area contributed by atoms with E-state index in [4.69, 9.17) is 0 Å². The molecule has 0 saturated heterocycles. The number of aromatic carboxylic acids is 1. The first-order valence-corrected chi connectivity index (χ1v) is 7.66. The van der Waals surface area contributed by atoms with Gasteiger partial charge in [-0.1, -0.05) is 43.5 Å². The van der Waals surface area contributed by atoms with Crippen LogP contribution in [0.25, 0.3) is 10.8 Å². The summed E-state index contributed by atoms with van der Waals surface area (Å²) in [5.41, 5.74) is 1.52. The maximum Gasteiger partial charge on any atom is 0.336 e. The zero-order valence-electron chi connectivity index (χ0n) is 12.4. The minimum Gasteiger partial charge on any atom is -0.478 e. The number of carbonyl (C=O) groups is 1. The van der Waals surface area contributed by atoms with E-state index < -0.39 is 5.97 Å². The van der Waals surface area contributed by atoms with Gasteiger partial charge in [0.25, 0.3) is 0 Å². The van der Waals surface area contributed by atoms with Crippen LogP contribution < -0.4 is 4.90 Å². The molecule has 1 saturated carbocycles. The molecule has 0 aromatic heterocycles. The SMILES string of the molecule is CN(c1ccc(C(=O)O)c2ccccc12)C1CCCCC1. The fourth-order valence-electron chi connectivity index (χ4n) is 3.44. The van der Waals surface area contributed by atoms with Crippen LogP contribution in [-0.4, -0.2) is 24.2 Å². The molecule has 1 aliphatic carbocycles. The molecule has 1 fully saturated rings. The fraction of sp³-hybridized carbons (Fsp3) is 0.389. The molecule has 0 unspecified atom stereocenters. The van der Waals surface area contributed by atoms with Crippen molar-refractivity contribution in [3.63, 3.8) is 0 Å². The van der Waals surface area contributed by atoms with E-state index >= 15 is 0 Å². The van der Waals surface area contributed by atoms with Gasteiger partial charge in [0.05, 0.1) is 5.56 Å². The number of hydrogen-bond donors (Lipinski definition) is 1. The summed E-state index contributed by atoms with van der Waals surface area (Å²) in [5.74, 6) is -0.863. The summed E-state index contributed by atoms with van der Waals surface area (Å²) in [5, 5.41) is 11.2. The Balaban J connectivity index is 2.06. The first kappa shape index (κ1) is 13.9. The van der Waals surface area contributed by atoms with Crippen molar-refractivity contribution < 1.29 is 9.90 Å². The number of carboxylic acid groups (broad SMARTS) is 1. The predicted octanol–water partition coefficient (Wildman–Crippen LogP) is 4.31. The molecule has 110 valence electrons. The second kappa shape index (κ2) is 5.76. The molecule has 3 nitrogen and oxygen atoms in total. The van der Waals surface area contributed by atoms with Crippen LogP contribution in [0, 0.1) is 0 Å². The van der Waals surface area contributed by atoms with Gasteiger partial charge >= 0.3 is 5.97 Å². The van der Waals surface area contributed by atoms with Crippen molar-refractivity contribution in [2.45, 2.75) is 38.1 Å². The molecule has 0 atom stereocenters. The minimum atomic E-state index is -0.863. The summed E-state index contributed by atoms with van der Waals surface area (Å²) in [4.78, 5) is 13.7. The molecule has 0 spiro atoms. The lowest BCUT2D eigenvalue weighted by molar-refractivity contribution is 0.0699. The summed E-state index contributed by atoms with van der Waals surface area (Å²) in [6.07, 6.45) is 6.38. The van der Waals surface area contributed by atoms with Crippen molar-refractivity contribution in [1.29, 1.82) is 0 Å². The predicted molar refractivity (Wildman–Crippen MR) is 86.2 cm³/mol. The van der Waals surface area contributed by atoms with Crippen LogP contribution in [0.1, 0.15) is 42.5 Å². The van der Waals surface area contributed by atoms with Gasteiger partial charge in [0, 0.05) is 24.2 Å². The van der Waals surface area contributed by atoms with Crippen molar-refractivity contribution >= 4 is 22.4 Å². The third-order valence-electron chi connectivity index (χ3n) is 4.63. The van der Waals surface area contributed by atoms with Crippen LogP contribution in [0.4, 0.5) is 5.69 Å². The molecule has 1 N–H and O–H groups in total. The zero-order chi connectivity index (χ0) is 14.8. The Morgan fingerprint density at radius 1 is 1.05 bits per heavy atom. The smallest absolute Gasteiger partial charge is 0.336 e. The monoisotopic (exact) mass is 283 g/mol. The number of nitrogens with zero attached hydrogens (tertiary/aromatic N) is 1. The molecular weight excluding hydrogens is 262 g/mol. The Bertz CT molecular complexity index is 659. The molecule has 0 heterocycles. The van der Waals surface area contributed by atoms with E-state index in [0.717, 1.165) is 16.5 Å². The average molecular weight is 283 g/mol. The van der Waals surface area contributed by atoms with Gasteiger partial charge in [-0.05, 0) is 30.4 Å². The quantitative estimate of drug-likeness (QED) is 0.912. The molecule has 21 heavy (non-hydrogen) atoms. The number of carboxylic acids is 1. The summed E-state index contributed by atoms with van der Waals surface area (Å²) < 4.78 is 0. The molecule has 1 aliphatic rings.